The van der Waals surface area contributed by atoms with Gasteiger partial charge < -0.3 is 20.1 Å². The van der Waals surface area contributed by atoms with E-state index >= 15 is 0 Å². The Labute approximate surface area is 380 Å². The fourth-order valence-electron chi connectivity index (χ4n) is 7.01. The standard InChI is InChI=1S/C52H94NO8P/c1-3-5-7-9-11-13-15-17-19-20-21-22-23-24-25-26-27-28-29-31-32-34-36-38-40-42-44-51(54)58-48-50(49-60-62(56,57)59-47-46-53)61-52(55)45-43-41-39-37-35-33-30-18-16-14-12-10-8-6-4-2/h6,8,12,14,18,30,35,37,41,43,50H,3-5,7,9-11,13,15-17,19-29,31-34,36,38-40,42,44-49,53H2,1-2H3,(H,56,57)/b8-6-,14-12-,30-18-,37-35-,43-41-. The lowest BCUT2D eigenvalue weighted by molar-refractivity contribution is -0.160. The van der Waals surface area contributed by atoms with Crippen LogP contribution in [0.4, 0.5) is 0 Å². The van der Waals surface area contributed by atoms with Crippen LogP contribution in [0.2, 0.25) is 0 Å². The Morgan fingerprint density at radius 2 is 0.871 bits per heavy atom. The van der Waals surface area contributed by atoms with E-state index in [1.807, 2.05) is 12.2 Å². The van der Waals surface area contributed by atoms with E-state index in [1.54, 1.807) is 6.08 Å². The number of ether oxygens (including phenoxy) is 2. The molecule has 0 aliphatic heterocycles. The molecule has 0 bridgehead atoms. The van der Waals surface area contributed by atoms with E-state index in [1.165, 1.54) is 148 Å². The summed E-state index contributed by atoms with van der Waals surface area (Å²) in [4.78, 5) is 34.9. The van der Waals surface area contributed by atoms with E-state index in [4.69, 9.17) is 24.3 Å². The van der Waals surface area contributed by atoms with Crippen molar-refractivity contribution < 1.29 is 37.6 Å². The number of hydrogen-bond acceptors (Lipinski definition) is 8. The van der Waals surface area contributed by atoms with Crippen molar-refractivity contribution in [3.05, 3.63) is 60.8 Å². The molecule has 0 aliphatic rings. The molecule has 3 N–H and O–H groups in total. The Morgan fingerprint density at radius 3 is 1.26 bits per heavy atom. The third-order valence-electron chi connectivity index (χ3n) is 10.7. The first-order chi connectivity index (χ1) is 30.3. The summed E-state index contributed by atoms with van der Waals surface area (Å²) < 4.78 is 32.7. The van der Waals surface area contributed by atoms with Gasteiger partial charge in [-0.1, -0.05) is 235 Å². The van der Waals surface area contributed by atoms with Crippen LogP contribution in [0, 0.1) is 0 Å². The fraction of sp³-hybridized carbons (Fsp3) is 0.769. The van der Waals surface area contributed by atoms with Gasteiger partial charge in [-0.2, -0.15) is 0 Å². The Hall–Kier alpha value is -2.29. The number of phosphoric acid groups is 1. The molecule has 0 aromatic carbocycles. The maximum absolute atomic E-state index is 12.5. The molecular weight excluding hydrogens is 798 g/mol. The molecule has 0 heterocycles. The van der Waals surface area contributed by atoms with E-state index in [0.717, 1.165) is 44.9 Å². The number of esters is 2. The minimum Gasteiger partial charge on any atom is -0.462 e. The molecule has 0 saturated heterocycles. The minimum absolute atomic E-state index is 0.00197. The number of nitrogens with two attached hydrogens (primary N) is 1. The molecule has 2 atom stereocenters. The molecule has 2 unspecified atom stereocenters. The summed E-state index contributed by atoms with van der Waals surface area (Å²) in [5.41, 5.74) is 5.35. The Morgan fingerprint density at radius 1 is 0.500 bits per heavy atom. The van der Waals surface area contributed by atoms with Crippen molar-refractivity contribution in [2.75, 3.05) is 26.4 Å². The summed E-state index contributed by atoms with van der Waals surface area (Å²) in [7, 11) is -4.41. The van der Waals surface area contributed by atoms with Gasteiger partial charge in [0, 0.05) is 13.0 Å². The lowest BCUT2D eigenvalue weighted by Gasteiger charge is -2.19. The second-order valence-corrected chi connectivity index (χ2v) is 18.1. The van der Waals surface area contributed by atoms with E-state index in [2.05, 4.69) is 56.4 Å². The van der Waals surface area contributed by atoms with E-state index in [0.29, 0.717) is 6.42 Å². The summed E-state index contributed by atoms with van der Waals surface area (Å²) in [5, 5.41) is 0. The zero-order chi connectivity index (χ0) is 45.3. The van der Waals surface area contributed by atoms with Crippen LogP contribution in [-0.2, 0) is 32.7 Å². The molecule has 0 aromatic rings. The Kier molecular flexibility index (Phi) is 46.4. The molecule has 0 amide bonds. The highest BCUT2D eigenvalue weighted by atomic mass is 31.2. The Bertz CT molecular complexity index is 1200. The maximum atomic E-state index is 12.5. The van der Waals surface area contributed by atoms with Gasteiger partial charge in [0.05, 0.1) is 19.6 Å². The number of hydrogen-bond donors (Lipinski definition) is 2. The summed E-state index contributed by atoms with van der Waals surface area (Å²) >= 11 is 0. The zero-order valence-electron chi connectivity index (χ0n) is 39.8. The molecule has 0 radical (unpaired) electrons. The third-order valence-corrected chi connectivity index (χ3v) is 11.7. The smallest absolute Gasteiger partial charge is 0.462 e. The molecule has 360 valence electrons. The molecule has 62 heavy (non-hydrogen) atoms. The normalized spacial score (nSPS) is 13.7. The molecule has 0 rings (SSSR count). The Balaban J connectivity index is 4.03. The van der Waals surface area contributed by atoms with Gasteiger partial charge in [0.25, 0.3) is 0 Å². The number of carbonyl (C=O) groups excluding carboxylic acids is 2. The molecule has 10 heteroatoms. The number of unbranched alkanes of at least 4 members (excludes halogenated alkanes) is 25. The fourth-order valence-corrected chi connectivity index (χ4v) is 7.77. The van der Waals surface area contributed by atoms with Gasteiger partial charge in [-0.15, -0.1) is 0 Å². The van der Waals surface area contributed by atoms with Gasteiger partial charge >= 0.3 is 19.8 Å². The molecular formula is C52H94NO8P. The van der Waals surface area contributed by atoms with Gasteiger partial charge in [0.1, 0.15) is 6.61 Å². The average molecular weight is 892 g/mol. The van der Waals surface area contributed by atoms with Crippen molar-refractivity contribution >= 4 is 19.8 Å². The van der Waals surface area contributed by atoms with E-state index in [9.17, 15) is 19.0 Å². The highest BCUT2D eigenvalue weighted by Gasteiger charge is 2.25. The van der Waals surface area contributed by atoms with E-state index < -0.39 is 32.5 Å². The third kappa shape index (κ3) is 47.2. The minimum atomic E-state index is -4.41. The maximum Gasteiger partial charge on any atom is 0.472 e. The second-order valence-electron chi connectivity index (χ2n) is 16.7. The number of allylic oxidation sites excluding steroid dienone is 9. The van der Waals surface area contributed by atoms with Crippen LogP contribution in [0.25, 0.3) is 0 Å². The largest absolute Gasteiger partial charge is 0.472 e. The van der Waals surface area contributed by atoms with Crippen molar-refractivity contribution in [3.63, 3.8) is 0 Å². The predicted molar refractivity (Wildman–Crippen MR) is 261 cm³/mol. The van der Waals surface area contributed by atoms with Crippen molar-refractivity contribution in [1.82, 2.24) is 0 Å². The number of phosphoric ester groups is 1. The van der Waals surface area contributed by atoms with E-state index in [-0.39, 0.29) is 32.6 Å². The average Bonchev–Trinajstić information content (AvgIpc) is 3.26. The monoisotopic (exact) mass is 892 g/mol. The summed E-state index contributed by atoms with van der Waals surface area (Å²) in [5.74, 6) is -0.970. The van der Waals surface area contributed by atoms with Crippen LogP contribution < -0.4 is 5.73 Å². The van der Waals surface area contributed by atoms with Crippen LogP contribution in [0.5, 0.6) is 0 Å². The lowest BCUT2D eigenvalue weighted by Crippen LogP contribution is -2.29. The molecule has 0 spiro atoms. The van der Waals surface area contributed by atoms with Crippen LogP contribution in [0.1, 0.15) is 226 Å². The number of rotatable bonds is 47. The molecule has 0 aliphatic carbocycles. The van der Waals surface area contributed by atoms with Crippen molar-refractivity contribution in [2.24, 2.45) is 5.73 Å². The van der Waals surface area contributed by atoms with Crippen molar-refractivity contribution in [3.8, 4) is 0 Å². The van der Waals surface area contributed by atoms with Gasteiger partial charge in [-0.05, 0) is 38.5 Å². The molecule has 9 nitrogen and oxygen atoms in total. The molecule has 0 saturated carbocycles. The first-order valence-electron chi connectivity index (χ1n) is 25.3. The van der Waals surface area contributed by atoms with Gasteiger partial charge in [-0.25, -0.2) is 4.57 Å². The summed E-state index contributed by atoms with van der Waals surface area (Å²) in [6.45, 7) is 3.53. The highest BCUT2D eigenvalue weighted by molar-refractivity contribution is 7.47. The highest BCUT2D eigenvalue weighted by Crippen LogP contribution is 2.43. The lowest BCUT2D eigenvalue weighted by atomic mass is 10.0. The van der Waals surface area contributed by atoms with Gasteiger partial charge in [-0.3, -0.25) is 18.6 Å². The van der Waals surface area contributed by atoms with Crippen LogP contribution in [-0.4, -0.2) is 49.3 Å². The summed E-state index contributed by atoms with van der Waals surface area (Å²) in [6.07, 6.45) is 58.8. The first kappa shape index (κ1) is 59.7. The van der Waals surface area contributed by atoms with Gasteiger partial charge in [0.15, 0.2) is 6.10 Å². The number of carbonyl (C=O) groups is 2. The first-order valence-corrected chi connectivity index (χ1v) is 26.8. The van der Waals surface area contributed by atoms with Crippen LogP contribution in [0.3, 0.4) is 0 Å². The molecule has 0 fully saturated rings. The second kappa shape index (κ2) is 48.2. The van der Waals surface area contributed by atoms with Crippen LogP contribution >= 0.6 is 7.82 Å². The SMILES string of the molecule is CC/C=C\C/C=C\C/C=C\C/C=C\C/C=C\CC(=O)OC(COC(=O)CCCCCCCCCCCCCCCCCCCCCCCCCCCC)COP(=O)(O)OCCN. The predicted octanol–water partition coefficient (Wildman–Crippen LogP) is 15.2. The van der Waals surface area contributed by atoms with Crippen LogP contribution in [0.15, 0.2) is 60.8 Å². The quantitative estimate of drug-likeness (QED) is 0.0265. The molecule has 0 aromatic heterocycles. The summed E-state index contributed by atoms with van der Waals surface area (Å²) in [6, 6.07) is 0. The zero-order valence-corrected chi connectivity index (χ0v) is 40.7. The van der Waals surface area contributed by atoms with Crippen molar-refractivity contribution in [2.45, 2.75) is 232 Å². The van der Waals surface area contributed by atoms with Gasteiger partial charge in [0.2, 0.25) is 0 Å². The van der Waals surface area contributed by atoms with Crippen molar-refractivity contribution in [1.29, 1.82) is 0 Å². The topological polar surface area (TPSA) is 134 Å².